The number of amides is 1. The maximum absolute atomic E-state index is 14.4. The van der Waals surface area contributed by atoms with Crippen molar-refractivity contribution in [3.05, 3.63) is 70.4 Å². The second kappa shape index (κ2) is 9.18. The van der Waals surface area contributed by atoms with Crippen molar-refractivity contribution < 1.29 is 27.8 Å². The van der Waals surface area contributed by atoms with Crippen molar-refractivity contribution >= 4 is 22.8 Å². The molecule has 4 rings (SSSR count). The maximum atomic E-state index is 14.4. The molecule has 0 radical (unpaired) electrons. The fraction of sp³-hybridized carbons (Fsp3) is 0.385. The zero-order chi connectivity index (χ0) is 24.6. The fourth-order valence-electron chi connectivity index (χ4n) is 4.72. The van der Waals surface area contributed by atoms with Gasteiger partial charge in [-0.2, -0.15) is 0 Å². The lowest BCUT2D eigenvalue weighted by Gasteiger charge is -2.35. The van der Waals surface area contributed by atoms with Crippen LogP contribution in [0.25, 0.3) is 10.9 Å². The standard InChI is InChI=1S/C26H28F2N2O4/c1-15-13-20-19(23(28)22(15)27)14-21(30(20)3)24(31)29-16(2)17-5-7-18(8-6-17)26(25(32)33-4)9-11-34-12-10-26/h5-8,13-14,16H,9-12H2,1-4H3,(H,29,31)/t16-/m1/s1. The predicted octanol–water partition coefficient (Wildman–Crippen LogP) is 4.48. The van der Waals surface area contributed by atoms with Gasteiger partial charge in [0.2, 0.25) is 0 Å². The molecule has 34 heavy (non-hydrogen) atoms. The average molecular weight is 471 g/mol. The molecule has 180 valence electrons. The third-order valence-corrected chi connectivity index (χ3v) is 6.87. The van der Waals surface area contributed by atoms with E-state index < -0.39 is 23.0 Å². The number of ether oxygens (including phenoxy) is 2. The Hall–Kier alpha value is -3.26. The molecule has 0 aliphatic carbocycles. The van der Waals surface area contributed by atoms with E-state index in [1.54, 1.807) is 11.6 Å². The molecule has 8 heteroatoms. The molecule has 1 amide bonds. The molecule has 1 aromatic heterocycles. The number of aromatic nitrogens is 1. The molecule has 2 heterocycles. The van der Waals surface area contributed by atoms with E-state index in [0.29, 0.717) is 31.6 Å². The van der Waals surface area contributed by atoms with E-state index in [-0.39, 0.29) is 28.7 Å². The van der Waals surface area contributed by atoms with E-state index in [1.165, 1.54) is 26.2 Å². The highest BCUT2D eigenvalue weighted by Gasteiger charge is 2.42. The molecule has 3 aromatic rings. The Morgan fingerprint density at radius 2 is 1.76 bits per heavy atom. The van der Waals surface area contributed by atoms with Crippen LogP contribution in [0.1, 0.15) is 53.0 Å². The number of carbonyl (C=O) groups is 2. The van der Waals surface area contributed by atoms with E-state index in [1.807, 2.05) is 31.2 Å². The number of halogens is 2. The van der Waals surface area contributed by atoms with Crippen LogP contribution < -0.4 is 5.32 Å². The van der Waals surface area contributed by atoms with Crippen LogP contribution in [0.3, 0.4) is 0 Å². The van der Waals surface area contributed by atoms with Gasteiger partial charge in [0.15, 0.2) is 11.6 Å². The van der Waals surface area contributed by atoms with Crippen LogP contribution in [0.5, 0.6) is 0 Å². The summed E-state index contributed by atoms with van der Waals surface area (Å²) < 4.78 is 40.4. The normalized spacial score (nSPS) is 16.3. The molecule has 0 saturated carbocycles. The van der Waals surface area contributed by atoms with E-state index >= 15 is 0 Å². The summed E-state index contributed by atoms with van der Waals surface area (Å²) in [5.74, 6) is -2.54. The summed E-state index contributed by atoms with van der Waals surface area (Å²) in [5, 5.41) is 2.98. The number of carbonyl (C=O) groups excluding carboxylic acids is 2. The number of rotatable bonds is 5. The number of esters is 1. The molecule has 0 unspecified atom stereocenters. The van der Waals surface area contributed by atoms with Gasteiger partial charge >= 0.3 is 5.97 Å². The Labute approximate surface area is 196 Å². The minimum Gasteiger partial charge on any atom is -0.468 e. The number of hydrogen-bond donors (Lipinski definition) is 1. The highest BCUT2D eigenvalue weighted by atomic mass is 19.2. The molecule has 1 atom stereocenters. The van der Waals surface area contributed by atoms with Crippen LogP contribution in [-0.2, 0) is 26.7 Å². The first-order valence-corrected chi connectivity index (χ1v) is 11.2. The number of benzene rings is 2. The molecule has 1 N–H and O–H groups in total. The van der Waals surface area contributed by atoms with Gasteiger partial charge in [0.25, 0.3) is 5.91 Å². The first kappa shape index (κ1) is 23.9. The lowest BCUT2D eigenvalue weighted by Crippen LogP contribution is -2.42. The minimum atomic E-state index is -0.957. The lowest BCUT2D eigenvalue weighted by atomic mass is 9.74. The van der Waals surface area contributed by atoms with Crippen LogP contribution in [-0.4, -0.2) is 36.8 Å². The topological polar surface area (TPSA) is 69.6 Å². The third-order valence-electron chi connectivity index (χ3n) is 6.87. The Balaban J connectivity index is 1.56. The monoisotopic (exact) mass is 470 g/mol. The van der Waals surface area contributed by atoms with Gasteiger partial charge in [0, 0.05) is 25.6 Å². The number of nitrogens with zero attached hydrogens (tertiary/aromatic N) is 1. The van der Waals surface area contributed by atoms with Crippen LogP contribution in [0.4, 0.5) is 8.78 Å². The molecule has 0 bridgehead atoms. The number of aryl methyl sites for hydroxylation is 2. The van der Waals surface area contributed by atoms with Crippen LogP contribution in [0.2, 0.25) is 0 Å². The summed E-state index contributed by atoms with van der Waals surface area (Å²) in [7, 11) is 3.04. The molecule has 1 saturated heterocycles. The van der Waals surface area contributed by atoms with Gasteiger partial charge in [0.1, 0.15) is 5.69 Å². The van der Waals surface area contributed by atoms with E-state index in [2.05, 4.69) is 5.32 Å². The summed E-state index contributed by atoms with van der Waals surface area (Å²) in [5.41, 5.74) is 1.82. The number of methoxy groups -OCH3 is 1. The molecule has 1 fully saturated rings. The quantitative estimate of drug-likeness (QED) is 0.559. The molecular formula is C26H28F2N2O4. The largest absolute Gasteiger partial charge is 0.468 e. The highest BCUT2D eigenvalue weighted by Crippen LogP contribution is 2.36. The fourth-order valence-corrected chi connectivity index (χ4v) is 4.72. The van der Waals surface area contributed by atoms with Gasteiger partial charge in [-0.05, 0) is 55.5 Å². The zero-order valence-electron chi connectivity index (χ0n) is 19.7. The zero-order valence-corrected chi connectivity index (χ0v) is 19.7. The van der Waals surface area contributed by atoms with Gasteiger partial charge < -0.3 is 19.4 Å². The first-order chi connectivity index (χ1) is 16.2. The summed E-state index contributed by atoms with van der Waals surface area (Å²) in [6.45, 7) is 4.29. The second-order valence-electron chi connectivity index (χ2n) is 8.85. The Kier molecular flexibility index (Phi) is 6.45. The lowest BCUT2D eigenvalue weighted by molar-refractivity contribution is -0.151. The van der Waals surface area contributed by atoms with E-state index in [0.717, 1.165) is 11.1 Å². The summed E-state index contributed by atoms with van der Waals surface area (Å²) in [6.07, 6.45) is 1.09. The maximum Gasteiger partial charge on any atom is 0.316 e. The van der Waals surface area contributed by atoms with Crippen LogP contribution in [0, 0.1) is 18.6 Å². The van der Waals surface area contributed by atoms with Crippen LogP contribution >= 0.6 is 0 Å². The molecule has 1 aliphatic rings. The SMILES string of the molecule is COC(=O)C1(c2ccc([C@@H](C)NC(=O)c3cc4c(F)c(F)c(C)cc4n3C)cc2)CCOCC1. The van der Waals surface area contributed by atoms with Crippen LogP contribution in [0.15, 0.2) is 36.4 Å². The number of nitrogens with one attached hydrogen (secondary N) is 1. The number of fused-ring (bicyclic) bond motifs is 1. The summed E-state index contributed by atoms with van der Waals surface area (Å²) in [4.78, 5) is 25.6. The van der Waals surface area contributed by atoms with Crippen molar-refractivity contribution in [1.29, 1.82) is 0 Å². The van der Waals surface area contributed by atoms with Crippen molar-refractivity contribution in [2.45, 2.75) is 38.1 Å². The number of hydrogen-bond acceptors (Lipinski definition) is 4. The second-order valence-corrected chi connectivity index (χ2v) is 8.85. The average Bonchev–Trinajstić information content (AvgIpc) is 3.18. The van der Waals surface area contributed by atoms with Crippen molar-refractivity contribution in [3.8, 4) is 0 Å². The summed E-state index contributed by atoms with van der Waals surface area (Å²) in [6, 6.07) is 10.1. The van der Waals surface area contributed by atoms with E-state index in [9.17, 15) is 18.4 Å². The van der Waals surface area contributed by atoms with Crippen molar-refractivity contribution in [2.24, 2.45) is 7.05 Å². The third kappa shape index (κ3) is 3.96. The first-order valence-electron chi connectivity index (χ1n) is 11.2. The van der Waals surface area contributed by atoms with Gasteiger partial charge in [-0.1, -0.05) is 24.3 Å². The van der Waals surface area contributed by atoms with Gasteiger partial charge in [0.05, 0.1) is 24.1 Å². The van der Waals surface area contributed by atoms with Crippen molar-refractivity contribution in [3.63, 3.8) is 0 Å². The van der Waals surface area contributed by atoms with Gasteiger partial charge in [-0.15, -0.1) is 0 Å². The molecule has 0 spiro atoms. The van der Waals surface area contributed by atoms with Crippen molar-refractivity contribution in [2.75, 3.05) is 20.3 Å². The Bertz CT molecular complexity index is 1240. The van der Waals surface area contributed by atoms with Gasteiger partial charge in [-0.25, -0.2) is 8.78 Å². The Morgan fingerprint density at radius 1 is 1.12 bits per heavy atom. The highest BCUT2D eigenvalue weighted by molar-refractivity contribution is 5.99. The Morgan fingerprint density at radius 3 is 2.38 bits per heavy atom. The minimum absolute atomic E-state index is 0.0670. The molecule has 2 aromatic carbocycles. The van der Waals surface area contributed by atoms with E-state index in [4.69, 9.17) is 9.47 Å². The molecule has 6 nitrogen and oxygen atoms in total. The smallest absolute Gasteiger partial charge is 0.316 e. The van der Waals surface area contributed by atoms with Crippen molar-refractivity contribution in [1.82, 2.24) is 9.88 Å². The molecule has 1 aliphatic heterocycles. The summed E-state index contributed by atoms with van der Waals surface area (Å²) >= 11 is 0. The molecular weight excluding hydrogens is 442 g/mol. The van der Waals surface area contributed by atoms with Gasteiger partial charge in [-0.3, -0.25) is 9.59 Å². The predicted molar refractivity (Wildman–Crippen MR) is 124 cm³/mol.